The Morgan fingerprint density at radius 1 is 0.566 bits per heavy atom. The van der Waals surface area contributed by atoms with Gasteiger partial charge in [-0.3, -0.25) is 76.8 Å². The first-order chi connectivity index (χ1) is 58.0. The Kier molecular flexibility index (Phi) is 34.1. The number of nitrogens with zero attached hydrogens (tertiary/aromatic N) is 7. The fourth-order valence-electron chi connectivity index (χ4n) is 14.5. The van der Waals surface area contributed by atoms with Gasteiger partial charge in [0.15, 0.2) is 17.5 Å². The molecule has 1 fully saturated rings. The fraction of sp³-hybridized carbons (Fsp3) is 0.384. The van der Waals surface area contributed by atoms with Gasteiger partial charge in [0.05, 0.1) is 55.3 Å². The van der Waals surface area contributed by atoms with Crippen molar-refractivity contribution in [1.29, 1.82) is 0 Å². The van der Waals surface area contributed by atoms with Gasteiger partial charge in [-0.1, -0.05) is 184 Å². The number of primary amides is 1. The first kappa shape index (κ1) is 93.8. The van der Waals surface area contributed by atoms with E-state index in [2.05, 4.69) is 191 Å². The Hall–Kier alpha value is -13.7. The van der Waals surface area contributed by atoms with E-state index >= 15 is 0 Å². The van der Waals surface area contributed by atoms with Gasteiger partial charge >= 0.3 is 17.9 Å². The first-order valence-electron chi connectivity index (χ1n) is 40.0. The van der Waals surface area contributed by atoms with Crippen molar-refractivity contribution in [1.82, 2.24) is 72.5 Å². The predicted octanol–water partition coefficient (Wildman–Crippen LogP) is 3.08. The highest BCUT2D eigenvalue weighted by atomic mass is 28.3. The van der Waals surface area contributed by atoms with E-state index in [0.717, 1.165) is 23.1 Å². The summed E-state index contributed by atoms with van der Waals surface area (Å²) >= 11 is 0. The Balaban J connectivity index is 0.000000358. The summed E-state index contributed by atoms with van der Waals surface area (Å²) in [5, 5.41) is 67.5. The molecule has 0 aliphatic carbocycles. The van der Waals surface area contributed by atoms with Crippen molar-refractivity contribution in [3.63, 3.8) is 0 Å². The number of aromatic nitrogens is 6. The molecule has 0 bridgehead atoms. The number of carboxylic acids is 3. The van der Waals surface area contributed by atoms with Gasteiger partial charge in [0.1, 0.15) is 38.3 Å². The molecule has 0 spiro atoms. The van der Waals surface area contributed by atoms with Crippen molar-refractivity contribution in [3.05, 3.63) is 202 Å². The number of ketones is 2. The van der Waals surface area contributed by atoms with Crippen molar-refractivity contribution in [3.8, 4) is 0 Å². The monoisotopic (exact) mass is 1690 g/mol. The smallest absolute Gasteiger partial charge is 0.305 e. The summed E-state index contributed by atoms with van der Waals surface area (Å²) in [6.45, 7) is 12.6. The van der Waals surface area contributed by atoms with Crippen LogP contribution in [0.1, 0.15) is 136 Å². The number of nitrogens with two attached hydrogens (primary N) is 3. The maximum absolute atomic E-state index is 14.4. The third-order valence-corrected chi connectivity index (χ3v) is 24.2. The average Bonchev–Trinajstić information content (AvgIpc) is 1.56. The second kappa shape index (κ2) is 44.4. The highest BCUT2D eigenvalue weighted by molar-refractivity contribution is 7.13. The van der Waals surface area contributed by atoms with Crippen LogP contribution in [-0.4, -0.2) is 197 Å². The fourth-order valence-corrected chi connectivity index (χ4v) is 18.3. The molecule has 17 N–H and O–H groups in total. The van der Waals surface area contributed by atoms with Gasteiger partial charge in [-0.05, 0) is 99.0 Å². The Labute approximate surface area is 705 Å². The van der Waals surface area contributed by atoms with E-state index in [0.29, 0.717) is 23.5 Å². The minimum Gasteiger partial charge on any atom is -0.481 e. The molecular weight excluding hydrogens is 1590 g/mol. The van der Waals surface area contributed by atoms with Crippen LogP contribution in [0.3, 0.4) is 0 Å². The number of aliphatic carboxylic acids is 3. The Morgan fingerprint density at radius 2 is 1.10 bits per heavy atom. The maximum Gasteiger partial charge on any atom is 0.305 e. The topological polar surface area (TPSA) is 548 Å². The molecule has 2 aliphatic heterocycles. The first-order valence-corrected chi connectivity index (χ1v) is 43.0. The minimum atomic E-state index is -2.43. The number of aryl methyl sites for hydroxylation is 2. The molecule has 35 nitrogen and oxygen atoms in total. The molecule has 9 atom stereocenters. The zero-order chi connectivity index (χ0) is 89.1. The molecule has 36 heteroatoms. The lowest BCUT2D eigenvalue weighted by atomic mass is 9.88. The average molecular weight is 1690 g/mol. The number of hydrogen-bond donors (Lipinski definition) is 14. The van der Waals surface area contributed by atoms with E-state index in [1.807, 2.05) is 6.07 Å². The van der Waals surface area contributed by atoms with Crippen LogP contribution >= 0.6 is 0 Å². The van der Waals surface area contributed by atoms with E-state index in [1.54, 1.807) is 62.1 Å². The summed E-state index contributed by atoms with van der Waals surface area (Å²) < 4.78 is 3.00. The number of carboxylic acid groups (broad SMARTS) is 3. The van der Waals surface area contributed by atoms with Crippen LogP contribution in [0.5, 0.6) is 0 Å². The van der Waals surface area contributed by atoms with Crippen LogP contribution in [0.25, 0.3) is 21.5 Å². The molecule has 4 heterocycles. The molecule has 9 rings (SSSR count). The largest absolute Gasteiger partial charge is 0.481 e. The number of amides is 9. The number of carbonyl (C=O) groups is 14. The van der Waals surface area contributed by atoms with Gasteiger partial charge in [-0.2, -0.15) is 0 Å². The lowest BCUT2D eigenvalue weighted by molar-refractivity contribution is -0.143. The lowest BCUT2D eigenvalue weighted by Gasteiger charge is -2.27. The number of nitrogens with one attached hydrogen (secondary N) is 8. The van der Waals surface area contributed by atoms with Crippen LogP contribution in [-0.2, 0) is 106 Å². The third-order valence-electron chi connectivity index (χ3n) is 20.6. The van der Waals surface area contributed by atoms with Gasteiger partial charge in [-0.25, -0.2) is 4.68 Å². The number of hydrogen-bond acceptors (Lipinski definition) is 19. The molecule has 2 aromatic heterocycles. The van der Waals surface area contributed by atoms with E-state index in [4.69, 9.17) is 22.3 Å². The molecule has 122 heavy (non-hydrogen) atoms. The molecule has 0 saturated carbocycles. The number of benzene rings is 5. The lowest BCUT2D eigenvalue weighted by Crippen LogP contribution is -2.58. The van der Waals surface area contributed by atoms with Gasteiger partial charge in [-0.15, -0.1) is 10.2 Å². The molecule has 1 saturated heterocycles. The second-order valence-electron chi connectivity index (χ2n) is 30.9. The van der Waals surface area contributed by atoms with E-state index in [-0.39, 0.29) is 51.0 Å². The van der Waals surface area contributed by atoms with Crippen LogP contribution in [0.2, 0.25) is 13.1 Å². The molecule has 646 valence electrons. The van der Waals surface area contributed by atoms with Crippen LogP contribution in [0, 0.1) is 17.8 Å². The zero-order valence-electron chi connectivity index (χ0n) is 69.2. The number of aliphatic imine (C=N–C) groups is 1. The molecule has 9 amide bonds. The van der Waals surface area contributed by atoms with Gasteiger partial charge < -0.3 is 75.1 Å². The van der Waals surface area contributed by atoms with Crippen LogP contribution in [0.15, 0.2) is 157 Å². The molecular formula is C86H106N18O17Si. The van der Waals surface area contributed by atoms with Crippen molar-refractivity contribution in [2.45, 2.75) is 174 Å². The quantitative estimate of drug-likeness (QED) is 0.0115. The number of rotatable bonds is 37. The molecule has 1 unspecified atom stereocenters. The van der Waals surface area contributed by atoms with Gasteiger partial charge in [0, 0.05) is 77.4 Å². The number of allylic oxidation sites excluding steroid dienone is 2. The SMILES string of the molecule is CC(=O)N[C@H](C)C(=O)C[C@H](CCC(=O)O)C(=O)NC(C(=O)C[C@H](CC(=O)O)C(=O)N[C@H](Cc1cn(C)nn1)C(N)=O)C(C)C.CCc1ccc(C2=C(c3ccccc3)C(c3ccccc3)=C(c3ccc(Cn4cc(C[C@@H]5NC(=O)[C@@H](Cc6ccccc6)NC(=O)[C@H](CC(=O)O)NC(=O)CNC(=O)[C@H](CCCN=C(N)N)NC5=O)nn4)cc3)[Si]2(C)C)cc1. The Morgan fingerprint density at radius 3 is 1.61 bits per heavy atom. The van der Waals surface area contributed by atoms with Crippen LogP contribution in [0.4, 0.5) is 0 Å². The van der Waals surface area contributed by atoms with Crippen molar-refractivity contribution < 1.29 is 82.4 Å². The van der Waals surface area contributed by atoms with E-state index < -0.39 is 189 Å². The minimum absolute atomic E-state index is 0.0210. The van der Waals surface area contributed by atoms with Gasteiger partial charge in [0.2, 0.25) is 53.2 Å². The normalized spacial score (nSPS) is 17.4. The maximum atomic E-state index is 14.4. The summed E-state index contributed by atoms with van der Waals surface area (Å²) in [7, 11) is -0.843. The highest BCUT2D eigenvalue weighted by Gasteiger charge is 2.45. The van der Waals surface area contributed by atoms with Crippen molar-refractivity contribution in [2.24, 2.45) is 47.0 Å². The Bertz CT molecular complexity index is 5030. The molecule has 7 aromatic rings. The summed E-state index contributed by atoms with van der Waals surface area (Å²) in [5.74, 6) is -15.8. The summed E-state index contributed by atoms with van der Waals surface area (Å²) in [6.07, 6.45) is 0.671. The zero-order valence-corrected chi connectivity index (χ0v) is 70.2. The van der Waals surface area contributed by atoms with Gasteiger partial charge in [0.25, 0.3) is 0 Å². The standard InChI is InChI=1S/C59H65N11O7Si.C27H41N7O10/c1-4-37-22-26-42(27-23-37)53-51(40-17-10-6-11-18-40)52(41-19-12-7-13-20-41)54(78(53,2)3)43-28-24-39(25-29-43)35-70-36-44(68-69-70)32-47-57(76)65-45(21-14-30-62-59(60)61)55(74)63-34-49(71)64-48(33-50(72)73)58(77)66-46(56(75)67-47)31-38-15-8-5-9-16-38;1-13(2)24(31-26(43)16(6-7-22(38)39)8-20(36)14(3)29-15(4)35)21(37)9-17(10-23(40)41)27(44)30-19(25(28)42)11-18-12-34(5)33-32-18/h5-13,15-20,22-29,36,45-48H,4,14,21,30-35H2,1-3H3,(H,63,74)(H,64,71)(H,65,76)(H,66,77)(H,67,75)(H,72,73)(H4,60,61,62);12-14,16-17,19,24H,6-11H2,1-5H3,(H2,28,42)(H,29,35)(H,30,44)(H,31,43)(H,38,39)(H,40,41)/t45-,46+,47-,48-;14-,16+,17-,19-,24?/m01/s1. The molecule has 0 radical (unpaired) electrons. The van der Waals surface area contributed by atoms with Crippen molar-refractivity contribution in [2.75, 3.05) is 13.1 Å². The summed E-state index contributed by atoms with van der Waals surface area (Å²) in [4.78, 5) is 183. The molecule has 5 aromatic carbocycles. The predicted molar refractivity (Wildman–Crippen MR) is 453 cm³/mol. The van der Waals surface area contributed by atoms with E-state index in [9.17, 15) is 77.3 Å². The van der Waals surface area contributed by atoms with E-state index in [1.165, 1.54) is 63.0 Å². The number of guanidine groups is 1. The second-order valence-corrected chi connectivity index (χ2v) is 35.2. The van der Waals surface area contributed by atoms with Crippen LogP contribution < -0.4 is 59.7 Å². The molecule has 2 aliphatic rings. The summed E-state index contributed by atoms with van der Waals surface area (Å²) in [6, 6.07) is 38.5. The number of Topliss-reactive ketones (excluding diaryl/α,β-unsaturated/α-hetero) is 2. The number of carbonyl (C=O) groups excluding carboxylic acids is 11. The highest BCUT2D eigenvalue weighted by Crippen LogP contribution is 2.55. The summed E-state index contributed by atoms with van der Waals surface area (Å²) in [5.41, 5.74) is 27.1. The third kappa shape index (κ3) is 27.4. The van der Waals surface area contributed by atoms with Crippen molar-refractivity contribution >= 4 is 118 Å².